The molecule has 164 valence electrons. The molecule has 0 saturated carbocycles. The van der Waals surface area contributed by atoms with Gasteiger partial charge in [-0.3, -0.25) is 9.69 Å². The second kappa shape index (κ2) is 8.42. The molecule has 0 radical (unpaired) electrons. The van der Waals surface area contributed by atoms with E-state index >= 15 is 0 Å². The first-order valence-electron chi connectivity index (χ1n) is 9.42. The van der Waals surface area contributed by atoms with E-state index in [1.165, 1.54) is 10.4 Å². The van der Waals surface area contributed by atoms with Gasteiger partial charge in [0.1, 0.15) is 5.82 Å². The summed E-state index contributed by atoms with van der Waals surface area (Å²) >= 11 is 5.71. The number of imidazole rings is 1. The standard InChI is InChI=1S/C19H19ClFN5O4S/c20-14-10-13(2-3-15(14)21)31(29,30)26-7-5-25(6-8-26)11-18(27)22-12-1-4-16-17(9-12)24-19(28)23-16/h1-4,9-10H,5-8,11H2,(H,22,27)(H2,23,24,28). The molecule has 9 nitrogen and oxygen atoms in total. The van der Waals surface area contributed by atoms with Crippen LogP contribution in [0.2, 0.25) is 5.02 Å². The third-order valence-electron chi connectivity index (χ3n) is 5.03. The number of nitrogens with zero attached hydrogens (tertiary/aromatic N) is 2. The Hall–Kier alpha value is -2.73. The highest BCUT2D eigenvalue weighted by molar-refractivity contribution is 7.89. The maximum absolute atomic E-state index is 13.3. The molecule has 0 atom stereocenters. The number of H-pyrrole nitrogens is 2. The van der Waals surface area contributed by atoms with Crippen molar-refractivity contribution in [3.05, 3.63) is 57.7 Å². The van der Waals surface area contributed by atoms with Crippen LogP contribution in [0.3, 0.4) is 0 Å². The van der Waals surface area contributed by atoms with Gasteiger partial charge in [-0.25, -0.2) is 17.6 Å². The largest absolute Gasteiger partial charge is 0.325 e. The van der Waals surface area contributed by atoms with Gasteiger partial charge < -0.3 is 15.3 Å². The molecule has 0 aliphatic carbocycles. The average Bonchev–Trinajstić information content (AvgIpc) is 3.09. The Morgan fingerprint density at radius 1 is 1.06 bits per heavy atom. The van der Waals surface area contributed by atoms with Gasteiger partial charge in [-0.2, -0.15) is 4.31 Å². The fourth-order valence-corrected chi connectivity index (χ4v) is 5.12. The first-order chi connectivity index (χ1) is 14.7. The Morgan fingerprint density at radius 2 is 1.77 bits per heavy atom. The first kappa shape index (κ1) is 21.5. The average molecular weight is 468 g/mol. The van der Waals surface area contributed by atoms with Gasteiger partial charge in [0.15, 0.2) is 0 Å². The summed E-state index contributed by atoms with van der Waals surface area (Å²) in [5, 5.41) is 2.52. The SMILES string of the molecule is O=C(CN1CCN(S(=O)(=O)c2ccc(F)c(Cl)c2)CC1)Nc1ccc2[nH]c(=O)[nH]c2c1. The van der Waals surface area contributed by atoms with E-state index in [4.69, 9.17) is 11.6 Å². The molecule has 1 aliphatic rings. The lowest BCUT2D eigenvalue weighted by Crippen LogP contribution is -2.50. The van der Waals surface area contributed by atoms with E-state index in [1.807, 2.05) is 4.90 Å². The number of carbonyl (C=O) groups is 1. The number of aromatic nitrogens is 2. The molecule has 1 saturated heterocycles. The van der Waals surface area contributed by atoms with E-state index in [2.05, 4.69) is 15.3 Å². The molecule has 2 aromatic carbocycles. The van der Waals surface area contributed by atoms with Crippen LogP contribution >= 0.6 is 11.6 Å². The van der Waals surface area contributed by atoms with Gasteiger partial charge >= 0.3 is 5.69 Å². The lowest BCUT2D eigenvalue weighted by molar-refractivity contribution is -0.117. The van der Waals surface area contributed by atoms with Gasteiger partial charge in [-0.05, 0) is 36.4 Å². The molecule has 31 heavy (non-hydrogen) atoms. The number of anilines is 1. The summed E-state index contributed by atoms with van der Waals surface area (Å²) in [6.07, 6.45) is 0. The van der Waals surface area contributed by atoms with Gasteiger partial charge in [0.25, 0.3) is 0 Å². The number of carbonyl (C=O) groups excluding carboxylic acids is 1. The van der Waals surface area contributed by atoms with Crippen molar-refractivity contribution in [3.8, 4) is 0 Å². The Bertz CT molecular complexity index is 1300. The summed E-state index contributed by atoms with van der Waals surface area (Å²) in [4.78, 5) is 30.7. The zero-order chi connectivity index (χ0) is 22.2. The monoisotopic (exact) mass is 467 g/mol. The van der Waals surface area contributed by atoms with Crippen molar-refractivity contribution in [3.63, 3.8) is 0 Å². The van der Waals surface area contributed by atoms with Crippen molar-refractivity contribution in [2.24, 2.45) is 0 Å². The highest BCUT2D eigenvalue weighted by Gasteiger charge is 2.29. The van der Waals surface area contributed by atoms with Crippen LogP contribution in [-0.2, 0) is 14.8 Å². The normalized spacial score (nSPS) is 15.9. The highest BCUT2D eigenvalue weighted by atomic mass is 35.5. The van der Waals surface area contributed by atoms with Crippen molar-refractivity contribution in [2.75, 3.05) is 38.0 Å². The summed E-state index contributed by atoms with van der Waals surface area (Å²) < 4.78 is 40.1. The number of hydrogen-bond donors (Lipinski definition) is 3. The summed E-state index contributed by atoms with van der Waals surface area (Å²) in [7, 11) is -3.80. The zero-order valence-corrected chi connectivity index (χ0v) is 17.8. The fourth-order valence-electron chi connectivity index (χ4n) is 3.43. The summed E-state index contributed by atoms with van der Waals surface area (Å²) in [5.74, 6) is -0.933. The number of halogens is 2. The molecule has 3 aromatic rings. The van der Waals surface area contributed by atoms with Crippen molar-refractivity contribution >= 4 is 44.3 Å². The van der Waals surface area contributed by atoms with E-state index in [1.54, 1.807) is 18.2 Å². The lowest BCUT2D eigenvalue weighted by atomic mass is 10.2. The summed E-state index contributed by atoms with van der Waals surface area (Å²) in [6.45, 7) is 1.22. The van der Waals surface area contributed by atoms with Crippen molar-refractivity contribution in [1.82, 2.24) is 19.2 Å². The lowest BCUT2D eigenvalue weighted by Gasteiger charge is -2.33. The molecule has 1 fully saturated rings. The van der Waals surface area contributed by atoms with Crippen LogP contribution in [0, 0.1) is 5.82 Å². The minimum Gasteiger partial charge on any atom is -0.325 e. The third kappa shape index (κ3) is 4.64. The summed E-state index contributed by atoms with van der Waals surface area (Å²) in [5.41, 5.74) is 1.45. The minimum atomic E-state index is -3.80. The van der Waals surface area contributed by atoms with Gasteiger partial charge in [0.05, 0.1) is 27.5 Å². The number of fused-ring (bicyclic) bond motifs is 1. The molecule has 0 bridgehead atoms. The maximum atomic E-state index is 13.3. The van der Waals surface area contributed by atoms with Crippen LogP contribution in [0.4, 0.5) is 10.1 Å². The number of benzene rings is 2. The zero-order valence-electron chi connectivity index (χ0n) is 16.2. The highest BCUT2D eigenvalue weighted by Crippen LogP contribution is 2.23. The van der Waals surface area contributed by atoms with Crippen LogP contribution in [0.25, 0.3) is 11.0 Å². The molecule has 0 unspecified atom stereocenters. The molecule has 1 amide bonds. The first-order valence-corrected chi connectivity index (χ1v) is 11.2. The molecule has 4 rings (SSSR count). The molecule has 3 N–H and O–H groups in total. The Labute approximate surface area is 181 Å². The fraction of sp³-hybridized carbons (Fsp3) is 0.263. The van der Waals surface area contributed by atoms with Crippen LogP contribution in [0.1, 0.15) is 0 Å². The minimum absolute atomic E-state index is 0.0664. The second-order valence-electron chi connectivity index (χ2n) is 7.14. The summed E-state index contributed by atoms with van der Waals surface area (Å²) in [6, 6.07) is 8.34. The number of nitrogens with one attached hydrogen (secondary N) is 3. The maximum Gasteiger partial charge on any atom is 0.323 e. The predicted molar refractivity (Wildman–Crippen MR) is 114 cm³/mol. The molecule has 2 heterocycles. The van der Waals surface area contributed by atoms with Gasteiger partial charge in [0, 0.05) is 31.9 Å². The Morgan fingerprint density at radius 3 is 2.48 bits per heavy atom. The van der Waals surface area contributed by atoms with Crippen LogP contribution in [0.5, 0.6) is 0 Å². The Balaban J connectivity index is 1.34. The van der Waals surface area contributed by atoms with Gasteiger partial charge in [-0.15, -0.1) is 0 Å². The molecule has 12 heteroatoms. The number of piperazine rings is 1. The van der Waals surface area contributed by atoms with Gasteiger partial charge in [0.2, 0.25) is 15.9 Å². The van der Waals surface area contributed by atoms with Crippen LogP contribution < -0.4 is 11.0 Å². The number of aromatic amines is 2. The third-order valence-corrected chi connectivity index (χ3v) is 7.21. The van der Waals surface area contributed by atoms with Crippen LogP contribution in [-0.4, -0.2) is 66.2 Å². The quantitative estimate of drug-likeness (QED) is 0.526. The number of amides is 1. The number of rotatable bonds is 5. The smallest absolute Gasteiger partial charge is 0.323 e. The van der Waals surface area contributed by atoms with Crippen molar-refractivity contribution < 1.29 is 17.6 Å². The van der Waals surface area contributed by atoms with Gasteiger partial charge in [-0.1, -0.05) is 11.6 Å². The van der Waals surface area contributed by atoms with Crippen molar-refractivity contribution in [2.45, 2.75) is 4.90 Å². The van der Waals surface area contributed by atoms with E-state index < -0.39 is 15.8 Å². The molecular formula is C19H19ClFN5O4S. The predicted octanol–water partition coefficient (Wildman–Crippen LogP) is 1.59. The molecule has 0 spiro atoms. The number of hydrogen-bond acceptors (Lipinski definition) is 5. The van der Waals surface area contributed by atoms with E-state index in [0.717, 1.165) is 12.1 Å². The van der Waals surface area contributed by atoms with Crippen molar-refractivity contribution in [1.29, 1.82) is 0 Å². The topological polar surface area (TPSA) is 118 Å². The molecule has 1 aliphatic heterocycles. The van der Waals surface area contributed by atoms with E-state index in [0.29, 0.717) is 29.8 Å². The molecular weight excluding hydrogens is 449 g/mol. The van der Waals surface area contributed by atoms with E-state index in [9.17, 15) is 22.4 Å². The Kier molecular flexibility index (Phi) is 5.84. The van der Waals surface area contributed by atoms with E-state index in [-0.39, 0.29) is 41.1 Å². The second-order valence-corrected chi connectivity index (χ2v) is 9.49. The molecule has 1 aromatic heterocycles. The van der Waals surface area contributed by atoms with Crippen LogP contribution in [0.15, 0.2) is 46.1 Å². The number of sulfonamides is 1.